The number of nitrogens with two attached hydrogens (primary N) is 1. The number of piperazine rings is 1. The zero-order valence-corrected chi connectivity index (χ0v) is 19.5. The lowest BCUT2D eigenvalue weighted by Gasteiger charge is -2.36. The van der Waals surface area contributed by atoms with Gasteiger partial charge in [0, 0.05) is 43.1 Å². The first-order valence-electron chi connectivity index (χ1n) is 11.1. The Balaban J connectivity index is 1.45. The molecule has 4 rings (SSSR count). The lowest BCUT2D eigenvalue weighted by molar-refractivity contribution is -0.119. The molecule has 2 aromatic carbocycles. The summed E-state index contributed by atoms with van der Waals surface area (Å²) in [7, 11) is 0. The second-order valence-corrected chi connectivity index (χ2v) is 8.48. The fourth-order valence-corrected chi connectivity index (χ4v) is 4.08. The molecule has 1 atom stereocenters. The highest BCUT2D eigenvalue weighted by Crippen LogP contribution is 2.22. The normalized spacial score (nSPS) is 14.4. The molecule has 1 aliphatic rings. The van der Waals surface area contributed by atoms with Gasteiger partial charge in [0.15, 0.2) is 0 Å². The van der Waals surface area contributed by atoms with Crippen molar-refractivity contribution in [2.75, 3.05) is 47.4 Å². The highest BCUT2D eigenvalue weighted by molar-refractivity contribution is 6.30. The van der Waals surface area contributed by atoms with E-state index in [9.17, 15) is 10.1 Å². The summed E-state index contributed by atoms with van der Waals surface area (Å²) in [6, 6.07) is 20.3. The lowest BCUT2D eigenvalue weighted by Crippen LogP contribution is -2.48. The van der Waals surface area contributed by atoms with Gasteiger partial charge in [-0.05, 0) is 42.3 Å². The molecule has 34 heavy (non-hydrogen) atoms. The number of hydrogen-bond acceptors (Lipinski definition) is 7. The van der Waals surface area contributed by atoms with Gasteiger partial charge in [0.2, 0.25) is 11.9 Å². The molecule has 1 aliphatic heterocycles. The minimum Gasteiger partial charge on any atom is -0.368 e. The van der Waals surface area contributed by atoms with Crippen molar-refractivity contribution in [3.63, 3.8) is 0 Å². The average molecular weight is 476 g/mol. The lowest BCUT2D eigenvalue weighted by atomic mass is 10.1. The molecule has 1 aromatic heterocycles. The average Bonchev–Trinajstić information content (AvgIpc) is 2.88. The Kier molecular flexibility index (Phi) is 7.58. The molecule has 8 nitrogen and oxygen atoms in total. The van der Waals surface area contributed by atoms with E-state index in [0.717, 1.165) is 37.4 Å². The van der Waals surface area contributed by atoms with Crippen LogP contribution in [0.15, 0.2) is 66.9 Å². The van der Waals surface area contributed by atoms with Gasteiger partial charge in [-0.15, -0.1) is 0 Å². The molecule has 1 saturated heterocycles. The SMILES string of the molecule is N#CCN(C(=O)[C@@H](N)Cc1ccccc1)c1ccnc(N2CCN(c3ccc(Cl)cc3)CC2)n1. The molecule has 1 fully saturated rings. The molecule has 0 bridgehead atoms. The maximum absolute atomic E-state index is 13.1. The first-order valence-corrected chi connectivity index (χ1v) is 11.5. The number of nitrogens with zero attached hydrogens (tertiary/aromatic N) is 6. The molecule has 0 spiro atoms. The maximum atomic E-state index is 13.1. The minimum absolute atomic E-state index is 0.137. The Morgan fingerprint density at radius 2 is 1.74 bits per heavy atom. The van der Waals surface area contributed by atoms with E-state index in [2.05, 4.69) is 25.8 Å². The third-order valence-corrected chi connectivity index (χ3v) is 6.02. The third kappa shape index (κ3) is 5.63. The first kappa shape index (κ1) is 23.5. The molecule has 2 heterocycles. The van der Waals surface area contributed by atoms with Crippen LogP contribution >= 0.6 is 11.6 Å². The number of amides is 1. The van der Waals surface area contributed by atoms with Crippen molar-refractivity contribution >= 4 is 35.0 Å². The standard InChI is InChI=1S/C25H26ClN7O/c26-20-6-8-21(9-7-20)31-14-16-32(17-15-31)25-29-12-10-23(30-25)33(13-11-27)24(34)22(28)18-19-4-2-1-3-5-19/h1-10,12,22H,13-18,28H2/t22-/m0/s1. The molecule has 3 aromatic rings. The molecular weight excluding hydrogens is 450 g/mol. The molecule has 0 unspecified atom stereocenters. The Labute approximate surface area is 204 Å². The number of aromatic nitrogens is 2. The largest absolute Gasteiger partial charge is 0.368 e. The highest BCUT2D eigenvalue weighted by atomic mass is 35.5. The van der Waals surface area contributed by atoms with Crippen LogP contribution in [0, 0.1) is 11.3 Å². The van der Waals surface area contributed by atoms with Gasteiger partial charge in [-0.3, -0.25) is 9.69 Å². The first-order chi connectivity index (χ1) is 16.5. The summed E-state index contributed by atoms with van der Waals surface area (Å²) in [5.41, 5.74) is 8.29. The van der Waals surface area contributed by atoms with Crippen LogP contribution in [-0.4, -0.2) is 54.6 Å². The van der Waals surface area contributed by atoms with E-state index in [4.69, 9.17) is 17.3 Å². The van der Waals surface area contributed by atoms with Crippen LogP contribution in [0.3, 0.4) is 0 Å². The molecule has 0 radical (unpaired) electrons. The molecular formula is C25H26ClN7O. The van der Waals surface area contributed by atoms with Gasteiger partial charge in [-0.25, -0.2) is 4.98 Å². The quantitative estimate of drug-likeness (QED) is 0.524. The summed E-state index contributed by atoms with van der Waals surface area (Å²) >= 11 is 6.00. The van der Waals surface area contributed by atoms with Crippen molar-refractivity contribution in [1.29, 1.82) is 5.26 Å². The van der Waals surface area contributed by atoms with Crippen LogP contribution in [0.1, 0.15) is 5.56 Å². The molecule has 2 N–H and O–H groups in total. The van der Waals surface area contributed by atoms with Gasteiger partial charge in [0.25, 0.3) is 0 Å². The minimum atomic E-state index is -0.780. The van der Waals surface area contributed by atoms with Gasteiger partial charge in [0.05, 0.1) is 12.1 Å². The zero-order valence-electron chi connectivity index (χ0n) is 18.7. The number of hydrogen-bond donors (Lipinski definition) is 1. The smallest absolute Gasteiger partial charge is 0.246 e. The van der Waals surface area contributed by atoms with E-state index in [1.807, 2.05) is 54.6 Å². The van der Waals surface area contributed by atoms with Gasteiger partial charge < -0.3 is 15.5 Å². The Bertz CT molecular complexity index is 1140. The van der Waals surface area contributed by atoms with E-state index in [1.165, 1.54) is 4.90 Å². The molecule has 0 saturated carbocycles. The highest BCUT2D eigenvalue weighted by Gasteiger charge is 2.25. The predicted octanol–water partition coefficient (Wildman–Crippen LogP) is 2.88. The number of benzene rings is 2. The summed E-state index contributed by atoms with van der Waals surface area (Å²) in [6.45, 7) is 2.93. The van der Waals surface area contributed by atoms with Gasteiger partial charge >= 0.3 is 0 Å². The summed E-state index contributed by atoms with van der Waals surface area (Å²) in [4.78, 5) is 27.8. The van der Waals surface area contributed by atoms with Crippen molar-refractivity contribution in [2.24, 2.45) is 5.73 Å². The summed E-state index contributed by atoms with van der Waals surface area (Å²) in [6.07, 6.45) is 2.00. The topological polar surface area (TPSA) is 102 Å². The number of nitriles is 1. The van der Waals surface area contributed by atoms with Crippen molar-refractivity contribution in [1.82, 2.24) is 9.97 Å². The fourth-order valence-electron chi connectivity index (χ4n) is 3.96. The summed E-state index contributed by atoms with van der Waals surface area (Å²) < 4.78 is 0. The molecule has 9 heteroatoms. The second-order valence-electron chi connectivity index (χ2n) is 8.04. The maximum Gasteiger partial charge on any atom is 0.246 e. The van der Waals surface area contributed by atoms with Crippen molar-refractivity contribution in [3.05, 3.63) is 77.4 Å². The van der Waals surface area contributed by atoms with Crippen molar-refractivity contribution in [3.8, 4) is 6.07 Å². The predicted molar refractivity (Wildman–Crippen MR) is 134 cm³/mol. The second kappa shape index (κ2) is 11.0. The Hall–Kier alpha value is -3.67. The van der Waals surface area contributed by atoms with Gasteiger partial charge in [-0.1, -0.05) is 41.9 Å². The molecule has 0 aliphatic carbocycles. The summed E-state index contributed by atoms with van der Waals surface area (Å²) in [5, 5.41) is 10.1. The van der Waals surface area contributed by atoms with Crippen LogP contribution in [0.4, 0.5) is 17.5 Å². The van der Waals surface area contributed by atoms with E-state index in [-0.39, 0.29) is 12.5 Å². The Morgan fingerprint density at radius 3 is 2.41 bits per heavy atom. The van der Waals surface area contributed by atoms with Crippen LogP contribution in [-0.2, 0) is 11.2 Å². The number of carbonyl (C=O) groups excluding carboxylic acids is 1. The Morgan fingerprint density at radius 1 is 1.06 bits per heavy atom. The number of carbonyl (C=O) groups is 1. The van der Waals surface area contributed by atoms with Gasteiger partial charge in [-0.2, -0.15) is 10.2 Å². The molecule has 174 valence electrons. The van der Waals surface area contributed by atoms with Crippen LogP contribution in [0.25, 0.3) is 0 Å². The zero-order chi connectivity index (χ0) is 23.9. The van der Waals surface area contributed by atoms with E-state index >= 15 is 0 Å². The number of halogens is 1. The van der Waals surface area contributed by atoms with E-state index in [1.54, 1.807) is 12.3 Å². The fraction of sp³-hybridized carbons (Fsp3) is 0.280. The van der Waals surface area contributed by atoms with Crippen molar-refractivity contribution < 1.29 is 4.79 Å². The van der Waals surface area contributed by atoms with E-state index < -0.39 is 6.04 Å². The van der Waals surface area contributed by atoms with Gasteiger partial charge in [0.1, 0.15) is 12.4 Å². The van der Waals surface area contributed by atoms with E-state index in [0.29, 0.717) is 23.2 Å². The van der Waals surface area contributed by atoms with Crippen molar-refractivity contribution in [2.45, 2.75) is 12.5 Å². The van der Waals surface area contributed by atoms with Crippen LogP contribution in [0.5, 0.6) is 0 Å². The van der Waals surface area contributed by atoms with Crippen LogP contribution in [0.2, 0.25) is 5.02 Å². The molecule has 1 amide bonds. The third-order valence-electron chi connectivity index (χ3n) is 5.77. The monoisotopic (exact) mass is 475 g/mol. The summed E-state index contributed by atoms with van der Waals surface area (Å²) in [5.74, 6) is 0.559. The number of anilines is 3. The number of rotatable bonds is 7. The van der Waals surface area contributed by atoms with Crippen LogP contribution < -0.4 is 20.4 Å².